The van der Waals surface area contributed by atoms with Gasteiger partial charge in [0.25, 0.3) is 0 Å². The van der Waals surface area contributed by atoms with Gasteiger partial charge in [-0.25, -0.2) is 18.7 Å². The van der Waals surface area contributed by atoms with Crippen LogP contribution in [0.4, 0.5) is 8.78 Å². The monoisotopic (exact) mass is 290 g/mol. The van der Waals surface area contributed by atoms with Gasteiger partial charge in [0, 0.05) is 5.39 Å². The van der Waals surface area contributed by atoms with E-state index in [0.29, 0.717) is 5.39 Å². The summed E-state index contributed by atoms with van der Waals surface area (Å²) >= 11 is 6.10. The van der Waals surface area contributed by atoms with Crippen molar-refractivity contribution in [3.8, 4) is 11.4 Å². The molecule has 0 aliphatic carbocycles. The number of benzene rings is 2. The predicted molar refractivity (Wildman–Crippen MR) is 74.6 cm³/mol. The molecule has 0 saturated carbocycles. The molecule has 0 aliphatic rings. The maximum Gasteiger partial charge on any atom is 0.164 e. The average Bonchev–Trinajstić information content (AvgIpc) is 2.43. The molecule has 0 spiro atoms. The summed E-state index contributed by atoms with van der Waals surface area (Å²) in [5.41, 5.74) is 1.06. The van der Waals surface area contributed by atoms with E-state index in [1.54, 1.807) is 25.1 Å². The third kappa shape index (κ3) is 2.02. The van der Waals surface area contributed by atoms with Gasteiger partial charge in [-0.15, -0.1) is 0 Å². The minimum atomic E-state index is -0.507. The van der Waals surface area contributed by atoms with Crippen LogP contribution < -0.4 is 0 Å². The molecule has 0 radical (unpaired) electrons. The van der Waals surface area contributed by atoms with Gasteiger partial charge in [0.15, 0.2) is 5.82 Å². The van der Waals surface area contributed by atoms with Crippen molar-refractivity contribution in [2.45, 2.75) is 6.92 Å². The van der Waals surface area contributed by atoms with Crippen LogP contribution >= 0.6 is 11.6 Å². The average molecular weight is 291 g/mol. The Kier molecular flexibility index (Phi) is 3.10. The Labute approximate surface area is 119 Å². The minimum absolute atomic E-state index is 0.0742. The fourth-order valence-electron chi connectivity index (χ4n) is 2.08. The molecule has 5 heteroatoms. The normalized spacial score (nSPS) is 11.0. The summed E-state index contributed by atoms with van der Waals surface area (Å²) in [7, 11) is 0. The van der Waals surface area contributed by atoms with Crippen LogP contribution in [-0.2, 0) is 0 Å². The number of nitrogens with zero attached hydrogens (tertiary/aromatic N) is 2. The summed E-state index contributed by atoms with van der Waals surface area (Å²) < 4.78 is 27.7. The van der Waals surface area contributed by atoms with Gasteiger partial charge in [-0.3, -0.25) is 0 Å². The molecule has 0 saturated heterocycles. The molecule has 1 aromatic heterocycles. The molecule has 2 aromatic carbocycles. The number of aryl methyl sites for hydroxylation is 1. The number of aromatic nitrogens is 2. The summed E-state index contributed by atoms with van der Waals surface area (Å²) in [5.74, 6) is -0.909. The first kappa shape index (κ1) is 12.9. The van der Waals surface area contributed by atoms with Crippen molar-refractivity contribution in [1.29, 1.82) is 0 Å². The highest BCUT2D eigenvalue weighted by atomic mass is 35.5. The van der Waals surface area contributed by atoms with Crippen molar-refractivity contribution in [3.63, 3.8) is 0 Å². The van der Waals surface area contributed by atoms with Crippen LogP contribution in [0.2, 0.25) is 5.15 Å². The highest BCUT2D eigenvalue weighted by Crippen LogP contribution is 2.29. The number of hydrogen-bond acceptors (Lipinski definition) is 2. The lowest BCUT2D eigenvalue weighted by Crippen LogP contribution is -1.97. The quantitative estimate of drug-likeness (QED) is 0.615. The lowest BCUT2D eigenvalue weighted by atomic mass is 10.1. The third-order valence-electron chi connectivity index (χ3n) is 3.08. The van der Waals surface area contributed by atoms with Gasteiger partial charge in [0.2, 0.25) is 0 Å². The Hall–Kier alpha value is -2.07. The number of fused-ring (bicyclic) bond motifs is 1. The van der Waals surface area contributed by atoms with E-state index in [4.69, 9.17) is 11.6 Å². The zero-order chi connectivity index (χ0) is 14.3. The van der Waals surface area contributed by atoms with E-state index in [2.05, 4.69) is 9.97 Å². The lowest BCUT2D eigenvalue weighted by Gasteiger charge is -2.08. The molecule has 1 heterocycles. The van der Waals surface area contributed by atoms with Gasteiger partial charge in [-0.05, 0) is 30.7 Å². The highest BCUT2D eigenvalue weighted by Gasteiger charge is 2.15. The highest BCUT2D eigenvalue weighted by molar-refractivity contribution is 6.34. The van der Waals surface area contributed by atoms with Gasteiger partial charge < -0.3 is 0 Å². The molecule has 3 aromatic rings. The van der Waals surface area contributed by atoms with Gasteiger partial charge in [0.1, 0.15) is 22.3 Å². The van der Waals surface area contributed by atoms with Crippen LogP contribution in [0.1, 0.15) is 5.56 Å². The molecule has 0 aliphatic heterocycles. The van der Waals surface area contributed by atoms with Crippen molar-refractivity contribution in [2.75, 3.05) is 0 Å². The van der Waals surface area contributed by atoms with Crippen molar-refractivity contribution in [2.24, 2.45) is 0 Å². The summed E-state index contributed by atoms with van der Waals surface area (Å²) in [6.07, 6.45) is 0. The Balaban J connectivity index is 2.36. The van der Waals surface area contributed by atoms with Gasteiger partial charge in [0.05, 0.1) is 5.56 Å². The molecule has 0 atom stereocenters. The Bertz CT molecular complexity index is 818. The molecule has 100 valence electrons. The van der Waals surface area contributed by atoms with Crippen molar-refractivity contribution in [3.05, 3.63) is 58.7 Å². The summed E-state index contributed by atoms with van der Waals surface area (Å²) in [6, 6.07) is 8.96. The van der Waals surface area contributed by atoms with E-state index in [-0.39, 0.29) is 22.1 Å². The first-order valence-corrected chi connectivity index (χ1v) is 6.33. The number of rotatable bonds is 1. The first-order chi connectivity index (χ1) is 9.58. The topological polar surface area (TPSA) is 25.8 Å². The first-order valence-electron chi connectivity index (χ1n) is 5.95. The lowest BCUT2D eigenvalue weighted by molar-refractivity contribution is 0.628. The largest absolute Gasteiger partial charge is 0.225 e. The van der Waals surface area contributed by atoms with Crippen LogP contribution in [0.5, 0.6) is 0 Å². The van der Waals surface area contributed by atoms with E-state index in [0.717, 1.165) is 5.56 Å². The second-order valence-corrected chi connectivity index (χ2v) is 4.76. The van der Waals surface area contributed by atoms with Crippen LogP contribution in [0, 0.1) is 18.6 Å². The van der Waals surface area contributed by atoms with Crippen molar-refractivity contribution >= 4 is 22.5 Å². The van der Waals surface area contributed by atoms with Gasteiger partial charge in [-0.1, -0.05) is 29.8 Å². The van der Waals surface area contributed by atoms with Gasteiger partial charge in [-0.2, -0.15) is 0 Å². The van der Waals surface area contributed by atoms with E-state index in [1.165, 1.54) is 18.2 Å². The number of halogens is 3. The maximum absolute atomic E-state index is 13.9. The third-order valence-corrected chi connectivity index (χ3v) is 3.35. The maximum atomic E-state index is 13.9. The summed E-state index contributed by atoms with van der Waals surface area (Å²) in [5, 5.41) is 0.567. The molecule has 0 unspecified atom stereocenters. The van der Waals surface area contributed by atoms with E-state index < -0.39 is 11.6 Å². The molecule has 3 rings (SSSR count). The van der Waals surface area contributed by atoms with Crippen LogP contribution in [-0.4, -0.2) is 9.97 Å². The van der Waals surface area contributed by atoms with E-state index in [9.17, 15) is 8.78 Å². The van der Waals surface area contributed by atoms with Crippen molar-refractivity contribution in [1.82, 2.24) is 9.97 Å². The Morgan fingerprint density at radius 2 is 1.70 bits per heavy atom. The molecular formula is C15H9ClF2N2. The fraction of sp³-hybridized carbons (Fsp3) is 0.0667. The summed E-state index contributed by atoms with van der Waals surface area (Å²) in [4.78, 5) is 8.20. The molecule has 0 fully saturated rings. The van der Waals surface area contributed by atoms with Gasteiger partial charge >= 0.3 is 0 Å². The zero-order valence-electron chi connectivity index (χ0n) is 10.5. The van der Waals surface area contributed by atoms with E-state index >= 15 is 0 Å². The Morgan fingerprint density at radius 3 is 2.45 bits per heavy atom. The van der Waals surface area contributed by atoms with Crippen LogP contribution in [0.25, 0.3) is 22.3 Å². The molecule has 0 bridgehead atoms. The fourth-order valence-corrected chi connectivity index (χ4v) is 2.40. The smallest absolute Gasteiger partial charge is 0.164 e. The molecular weight excluding hydrogens is 282 g/mol. The zero-order valence-corrected chi connectivity index (χ0v) is 11.2. The molecule has 20 heavy (non-hydrogen) atoms. The van der Waals surface area contributed by atoms with Crippen LogP contribution in [0.15, 0.2) is 36.4 Å². The predicted octanol–water partition coefficient (Wildman–Crippen LogP) is 4.54. The second kappa shape index (κ2) is 4.80. The molecule has 0 amide bonds. The Morgan fingerprint density at radius 1 is 0.950 bits per heavy atom. The van der Waals surface area contributed by atoms with Crippen LogP contribution in [0.3, 0.4) is 0 Å². The minimum Gasteiger partial charge on any atom is -0.225 e. The molecule has 0 N–H and O–H groups in total. The summed E-state index contributed by atoms with van der Waals surface area (Å²) in [6.45, 7) is 1.79. The number of hydrogen-bond donors (Lipinski definition) is 0. The SMILES string of the molecule is Cc1ccc(F)c2nc(-c3ccccc3F)nc(Cl)c12. The van der Waals surface area contributed by atoms with Crippen molar-refractivity contribution < 1.29 is 8.78 Å². The standard InChI is InChI=1S/C15H9ClF2N2/c1-8-6-7-11(18)13-12(8)14(16)20-15(19-13)9-4-2-3-5-10(9)17/h2-7H,1H3. The second-order valence-electron chi connectivity index (χ2n) is 4.41. The van der Waals surface area contributed by atoms with E-state index in [1.807, 2.05) is 0 Å². The molecule has 2 nitrogen and oxygen atoms in total.